The number of carbonyl (C=O) groups is 3. The molecule has 0 heterocycles. The summed E-state index contributed by atoms with van der Waals surface area (Å²) in [4.78, 5) is 46.0. The first-order valence-corrected chi connectivity index (χ1v) is 25.2. The number of phosphoric acid groups is 1. The summed E-state index contributed by atoms with van der Waals surface area (Å²) in [5.74, 6) is -2.43. The van der Waals surface area contributed by atoms with Gasteiger partial charge in [0.25, 0.3) is 0 Å². The van der Waals surface area contributed by atoms with Gasteiger partial charge in [-0.25, -0.2) is 9.36 Å². The zero-order chi connectivity index (χ0) is 44.2. The Kier molecular flexibility index (Phi) is 41.3. The first-order chi connectivity index (χ1) is 29.1. The molecule has 0 bridgehead atoms. The number of carboxylic acids is 1. The number of carbonyl (C=O) groups excluding carboxylic acids is 2. The molecule has 0 spiro atoms. The molecule has 1 amide bonds. The largest absolute Gasteiger partial charge is 0.480 e. The van der Waals surface area contributed by atoms with E-state index in [1.165, 1.54) is 116 Å². The second kappa shape index (κ2) is 43.1. The van der Waals surface area contributed by atoms with Gasteiger partial charge in [-0.15, -0.1) is 0 Å². The van der Waals surface area contributed by atoms with Crippen molar-refractivity contribution >= 4 is 25.7 Å². The monoisotopic (exact) mass is 868 g/mol. The highest BCUT2D eigenvalue weighted by atomic mass is 31.2. The fraction of sp³-hybridized carbons (Fsp3) is 0.771. The molecule has 3 unspecified atom stereocenters. The van der Waals surface area contributed by atoms with Gasteiger partial charge in [0, 0.05) is 12.8 Å². The van der Waals surface area contributed by atoms with Gasteiger partial charge in [-0.2, -0.15) is 0 Å². The van der Waals surface area contributed by atoms with Gasteiger partial charge in [0.05, 0.1) is 13.2 Å². The van der Waals surface area contributed by atoms with Crippen LogP contribution >= 0.6 is 7.82 Å². The highest BCUT2D eigenvalue weighted by Gasteiger charge is 2.28. The maximum atomic E-state index is 12.3. The maximum Gasteiger partial charge on any atom is 0.472 e. The third-order valence-corrected chi connectivity index (χ3v) is 11.1. The summed E-state index contributed by atoms with van der Waals surface area (Å²) >= 11 is 0. The van der Waals surface area contributed by atoms with Crippen LogP contribution in [0.2, 0.25) is 0 Å². The fourth-order valence-corrected chi connectivity index (χ4v) is 7.20. The van der Waals surface area contributed by atoms with Crippen molar-refractivity contribution in [3.05, 3.63) is 48.6 Å². The Morgan fingerprint density at radius 3 is 1.40 bits per heavy atom. The van der Waals surface area contributed by atoms with Crippen molar-refractivity contribution < 1.29 is 47.8 Å². The molecule has 0 aromatic heterocycles. The van der Waals surface area contributed by atoms with Crippen molar-refractivity contribution in [1.82, 2.24) is 5.32 Å². The molecule has 0 aromatic rings. The first-order valence-electron chi connectivity index (χ1n) is 23.7. The van der Waals surface area contributed by atoms with Crippen molar-refractivity contribution in [2.75, 3.05) is 19.8 Å². The van der Waals surface area contributed by atoms with E-state index in [-0.39, 0.29) is 12.8 Å². The fourth-order valence-electron chi connectivity index (χ4n) is 6.43. The molecule has 12 heteroatoms. The molecular formula is C48H86NO10P. The molecule has 60 heavy (non-hydrogen) atoms. The van der Waals surface area contributed by atoms with Gasteiger partial charge in [-0.1, -0.05) is 191 Å². The predicted octanol–water partition coefficient (Wildman–Crippen LogP) is 12.6. The van der Waals surface area contributed by atoms with E-state index in [2.05, 4.69) is 55.6 Å². The topological polar surface area (TPSA) is 169 Å². The van der Waals surface area contributed by atoms with Gasteiger partial charge >= 0.3 is 19.8 Å². The number of nitrogens with one attached hydrogen (secondary N) is 1. The molecular weight excluding hydrogens is 781 g/mol. The van der Waals surface area contributed by atoms with Crippen molar-refractivity contribution in [1.29, 1.82) is 0 Å². The molecule has 348 valence electrons. The molecule has 0 radical (unpaired) electrons. The lowest BCUT2D eigenvalue weighted by Crippen LogP contribution is -2.43. The van der Waals surface area contributed by atoms with Crippen LogP contribution in [0.4, 0.5) is 0 Å². The van der Waals surface area contributed by atoms with Gasteiger partial charge < -0.3 is 25.2 Å². The second-order valence-corrected chi connectivity index (χ2v) is 17.4. The Hall–Kier alpha value is -2.56. The van der Waals surface area contributed by atoms with Crippen LogP contribution in [-0.2, 0) is 32.7 Å². The minimum Gasteiger partial charge on any atom is -0.480 e. The number of hydrogen-bond acceptors (Lipinski definition) is 8. The number of rotatable bonds is 44. The van der Waals surface area contributed by atoms with Crippen molar-refractivity contribution in [2.45, 2.75) is 219 Å². The summed E-state index contributed by atoms with van der Waals surface area (Å²) in [6.45, 7) is 2.53. The lowest BCUT2D eigenvalue weighted by molar-refractivity contribution is -0.147. The number of aliphatic carboxylic acids is 1. The Labute approximate surface area is 364 Å². The highest BCUT2D eigenvalue weighted by Crippen LogP contribution is 2.43. The summed E-state index contributed by atoms with van der Waals surface area (Å²) in [5, 5.41) is 21.9. The third-order valence-electron chi connectivity index (χ3n) is 10.1. The summed E-state index contributed by atoms with van der Waals surface area (Å²) < 4.78 is 26.8. The van der Waals surface area contributed by atoms with E-state index in [0.717, 1.165) is 44.9 Å². The van der Waals surface area contributed by atoms with E-state index in [0.29, 0.717) is 19.3 Å². The molecule has 0 aliphatic carbocycles. The number of unbranched alkanes of at least 4 members (excludes halogenated alkanes) is 22. The van der Waals surface area contributed by atoms with Gasteiger partial charge in [-0.05, 0) is 51.4 Å². The van der Waals surface area contributed by atoms with Crippen LogP contribution in [0.5, 0.6) is 0 Å². The number of phosphoric ester groups is 1. The Morgan fingerprint density at radius 1 is 0.533 bits per heavy atom. The number of carboxylic acid groups (broad SMARTS) is 1. The van der Waals surface area contributed by atoms with Crippen molar-refractivity contribution in [3.8, 4) is 0 Å². The Bertz CT molecular complexity index is 1200. The van der Waals surface area contributed by atoms with Gasteiger partial charge in [-0.3, -0.25) is 18.6 Å². The quantitative estimate of drug-likeness (QED) is 0.0200. The summed E-state index contributed by atoms with van der Waals surface area (Å²) in [7, 11) is -4.77. The van der Waals surface area contributed by atoms with Gasteiger partial charge in [0.2, 0.25) is 5.91 Å². The average molecular weight is 868 g/mol. The lowest BCUT2D eigenvalue weighted by atomic mass is 10.0. The molecule has 4 N–H and O–H groups in total. The van der Waals surface area contributed by atoms with Crippen LogP contribution in [0.25, 0.3) is 0 Å². The van der Waals surface area contributed by atoms with Crippen LogP contribution < -0.4 is 5.32 Å². The van der Waals surface area contributed by atoms with E-state index < -0.39 is 57.6 Å². The number of ether oxygens (including phenoxy) is 1. The van der Waals surface area contributed by atoms with Crippen LogP contribution in [0.15, 0.2) is 48.6 Å². The van der Waals surface area contributed by atoms with Crippen molar-refractivity contribution in [2.24, 2.45) is 0 Å². The zero-order valence-corrected chi connectivity index (χ0v) is 38.6. The molecule has 0 aromatic carbocycles. The SMILES string of the molecule is CCCCC/C=C\C/C=C\C/C=C\C/C=C\CCCC(=O)OCC(O)COP(=O)(O)OCC(NC(=O)CCCCCCCCCCCCCCCCCCCCC)C(=O)O. The second-order valence-electron chi connectivity index (χ2n) is 15.9. The van der Waals surface area contributed by atoms with E-state index in [1.807, 2.05) is 12.2 Å². The average Bonchev–Trinajstić information content (AvgIpc) is 3.22. The van der Waals surface area contributed by atoms with E-state index >= 15 is 0 Å². The normalized spacial score (nSPS) is 14.1. The molecule has 11 nitrogen and oxygen atoms in total. The smallest absolute Gasteiger partial charge is 0.472 e. The number of aliphatic hydroxyl groups is 1. The third kappa shape index (κ3) is 42.1. The van der Waals surface area contributed by atoms with Crippen LogP contribution in [-0.4, -0.2) is 64.9 Å². The highest BCUT2D eigenvalue weighted by molar-refractivity contribution is 7.47. The van der Waals surface area contributed by atoms with E-state index in [4.69, 9.17) is 13.8 Å². The number of hydrogen-bond donors (Lipinski definition) is 4. The molecule has 0 fully saturated rings. The summed E-state index contributed by atoms with van der Waals surface area (Å²) in [6.07, 6.45) is 48.5. The summed E-state index contributed by atoms with van der Waals surface area (Å²) in [6, 6.07) is -1.55. The minimum absolute atomic E-state index is 0.144. The van der Waals surface area contributed by atoms with Gasteiger partial charge in [0.1, 0.15) is 12.7 Å². The predicted molar refractivity (Wildman–Crippen MR) is 245 cm³/mol. The minimum atomic E-state index is -4.77. The van der Waals surface area contributed by atoms with Crippen LogP contribution in [0.3, 0.4) is 0 Å². The van der Waals surface area contributed by atoms with E-state index in [1.54, 1.807) is 0 Å². The Morgan fingerprint density at radius 2 is 0.933 bits per heavy atom. The lowest BCUT2D eigenvalue weighted by Gasteiger charge is -2.18. The Balaban J connectivity index is 3.92. The molecule has 0 saturated heterocycles. The molecule has 0 saturated carbocycles. The molecule has 3 atom stereocenters. The number of allylic oxidation sites excluding steroid dienone is 8. The number of esters is 1. The molecule has 0 aliphatic rings. The zero-order valence-electron chi connectivity index (χ0n) is 37.8. The number of aliphatic hydroxyl groups excluding tert-OH is 1. The molecule has 0 aliphatic heterocycles. The standard InChI is InChI=1S/C48H86NO10P/c1-3-5-7-9-11-13-15-17-19-21-22-24-25-27-29-31-33-35-37-39-46(51)49-45(48(53)54)43-59-60(55,56)58-42-44(50)41-57-47(52)40-38-36-34-32-30-28-26-23-20-18-16-14-12-10-8-6-4-2/h12,14,18,20,26,28,32,34,44-45,50H,3-11,13,15-17,19,21-25,27,29-31,33,35-43H2,1-2H3,(H,49,51)(H,53,54)(H,55,56)/b14-12-,20-18-,28-26-,34-32-. The van der Waals surface area contributed by atoms with Crippen molar-refractivity contribution in [3.63, 3.8) is 0 Å². The van der Waals surface area contributed by atoms with E-state index in [9.17, 15) is 34.1 Å². The van der Waals surface area contributed by atoms with Gasteiger partial charge in [0.15, 0.2) is 6.04 Å². The van der Waals surface area contributed by atoms with Crippen LogP contribution in [0, 0.1) is 0 Å². The molecule has 0 rings (SSSR count). The summed E-state index contributed by atoms with van der Waals surface area (Å²) in [5.41, 5.74) is 0. The number of amides is 1. The first kappa shape index (κ1) is 57.4. The maximum absolute atomic E-state index is 12.3. The van der Waals surface area contributed by atoms with Crippen LogP contribution in [0.1, 0.15) is 206 Å².